The van der Waals surface area contributed by atoms with E-state index < -0.39 is 88.4 Å². The van der Waals surface area contributed by atoms with E-state index in [4.69, 9.17) is 14.2 Å². The van der Waals surface area contributed by atoms with Gasteiger partial charge in [0.2, 0.25) is 29.4 Å². The summed E-state index contributed by atoms with van der Waals surface area (Å²) < 4.78 is 17.7. The lowest BCUT2D eigenvalue weighted by molar-refractivity contribution is -0.141. The Morgan fingerprint density at radius 3 is 2.22 bits per heavy atom. The summed E-state index contributed by atoms with van der Waals surface area (Å²) in [6, 6.07) is 10.4. The highest BCUT2D eigenvalue weighted by molar-refractivity contribution is 6.38. The van der Waals surface area contributed by atoms with Crippen LogP contribution in [-0.2, 0) is 49.5 Å². The van der Waals surface area contributed by atoms with E-state index >= 15 is 0 Å². The second kappa shape index (κ2) is 24.3. The van der Waals surface area contributed by atoms with Gasteiger partial charge in [-0.1, -0.05) is 31.0 Å². The molecule has 3 aromatic rings. The lowest BCUT2D eigenvalue weighted by Crippen LogP contribution is -2.54. The number of nitrogens with one attached hydrogen (secondary N) is 7. The molecule has 4 aliphatic rings. The van der Waals surface area contributed by atoms with Crippen LogP contribution in [0.15, 0.2) is 65.6 Å². The van der Waals surface area contributed by atoms with E-state index in [1.807, 2.05) is 0 Å². The number of hydrogen-bond donors (Lipinski definition) is 7. The Kier molecular flexibility index (Phi) is 17.7. The predicted octanol–water partition coefficient (Wildman–Crippen LogP) is 1.71. The SMILES string of the molecule is CC(C)(C)OC(=O)Nc1cccn([C@@H](CC2CC2)C(=O)N[C@@H](C[C@@H]2CCNC2=O)C(=O)C(=O)NCc2cccc(C(=O)NCCOCCOCCNc3cccc4c3C(=O)N(C3CCC(=O)NC3=O)C4=O)c2)c1=O. The van der Waals surface area contributed by atoms with Gasteiger partial charge in [-0.05, 0) is 94.3 Å². The monoisotopic (exact) mass is 1020 g/mol. The van der Waals surface area contributed by atoms with Crippen LogP contribution in [0.4, 0.5) is 16.2 Å². The molecule has 3 aliphatic heterocycles. The van der Waals surface area contributed by atoms with Gasteiger partial charge in [-0.3, -0.25) is 63.5 Å². The fraction of sp³-hybridized carbons (Fsp3) is 0.471. The number of ether oxygens (including phenoxy) is 3. The maximum atomic E-state index is 14.1. The van der Waals surface area contributed by atoms with E-state index in [0.29, 0.717) is 24.2 Å². The number of imide groups is 2. The van der Waals surface area contributed by atoms with Crippen LogP contribution < -0.4 is 42.8 Å². The maximum Gasteiger partial charge on any atom is 0.412 e. The molecule has 9 amide bonds. The molecule has 2 saturated heterocycles. The van der Waals surface area contributed by atoms with Crippen LogP contribution in [0.5, 0.6) is 0 Å². The summed E-state index contributed by atoms with van der Waals surface area (Å²) in [7, 11) is 0. The third-order valence-electron chi connectivity index (χ3n) is 12.6. The van der Waals surface area contributed by atoms with Crippen molar-refractivity contribution in [2.45, 2.75) is 96.0 Å². The van der Waals surface area contributed by atoms with Crippen LogP contribution in [0.3, 0.4) is 0 Å². The van der Waals surface area contributed by atoms with Gasteiger partial charge < -0.3 is 45.4 Å². The summed E-state index contributed by atoms with van der Waals surface area (Å²) in [5, 5.41) is 18.4. The Morgan fingerprint density at radius 1 is 0.784 bits per heavy atom. The average Bonchev–Trinajstić information content (AvgIpc) is 4.04. The van der Waals surface area contributed by atoms with Crippen LogP contribution in [0.1, 0.15) is 108 Å². The minimum atomic E-state index is -1.43. The Balaban J connectivity index is 0.845. The highest BCUT2D eigenvalue weighted by atomic mass is 16.6. The average molecular weight is 1020 g/mol. The number of fused-ring (bicyclic) bond motifs is 1. The molecule has 1 aromatic heterocycles. The van der Waals surface area contributed by atoms with Crippen LogP contribution >= 0.6 is 0 Å². The standard InChI is InChI=1S/C51H61N9O14/c1-51(2,3)74-50(71)57-35-11-6-20-59(48(35)69)38(26-29-12-13-29)45(66)56-36(27-32-16-17-53-43(32)64)41(62)46(67)55-28-30-7-4-8-31(25-30)42(63)54-19-22-73-24-23-72-21-18-52-34-10-5-9-33-40(34)49(70)60(47(33)68)37-14-15-39(61)58-44(37)65/h4-11,20,25,29,32,36-38,52H,12-19,21-24,26-28H2,1-3H3,(H,53,64)(H,54,63)(H,55,67)(H,56,66)(H,57,71)(H,58,61,65)/t32-,36-,37?,38-/m0/s1. The number of carbonyl (C=O) groups is 10. The van der Waals surface area contributed by atoms with E-state index in [2.05, 4.69) is 37.2 Å². The van der Waals surface area contributed by atoms with E-state index in [-0.39, 0.29) is 106 Å². The second-order valence-corrected chi connectivity index (χ2v) is 19.4. The van der Waals surface area contributed by atoms with Crippen LogP contribution in [0, 0.1) is 11.8 Å². The zero-order valence-electron chi connectivity index (χ0n) is 41.4. The molecule has 0 radical (unpaired) electrons. The molecule has 0 bridgehead atoms. The summed E-state index contributed by atoms with van der Waals surface area (Å²) >= 11 is 0. The van der Waals surface area contributed by atoms with Gasteiger partial charge in [0.05, 0.1) is 43.6 Å². The summed E-state index contributed by atoms with van der Waals surface area (Å²) in [4.78, 5) is 145. The number of anilines is 2. The fourth-order valence-corrected chi connectivity index (χ4v) is 8.77. The third kappa shape index (κ3) is 14.0. The Labute approximate surface area is 425 Å². The topological polar surface area (TPSA) is 308 Å². The number of nitrogens with zero attached hydrogens (tertiary/aromatic N) is 2. The molecule has 1 aliphatic carbocycles. The van der Waals surface area contributed by atoms with Crippen LogP contribution in [-0.4, -0.2) is 132 Å². The number of piperidine rings is 1. The zero-order valence-corrected chi connectivity index (χ0v) is 41.4. The van der Waals surface area contributed by atoms with Gasteiger partial charge in [0.25, 0.3) is 29.2 Å². The minimum Gasteiger partial charge on any atom is -0.444 e. The molecular formula is C51H61N9O14. The molecular weight excluding hydrogens is 963 g/mol. The van der Waals surface area contributed by atoms with Gasteiger partial charge in [0.15, 0.2) is 0 Å². The van der Waals surface area contributed by atoms with Gasteiger partial charge in [0.1, 0.15) is 23.4 Å². The second-order valence-electron chi connectivity index (χ2n) is 19.4. The first-order valence-electron chi connectivity index (χ1n) is 24.6. The molecule has 7 rings (SSSR count). The molecule has 0 spiro atoms. The van der Waals surface area contributed by atoms with Crippen LogP contribution in [0.2, 0.25) is 0 Å². The predicted molar refractivity (Wildman–Crippen MR) is 263 cm³/mol. The summed E-state index contributed by atoms with van der Waals surface area (Å²) in [6.07, 6.45) is 2.74. The molecule has 23 heteroatoms. The Morgan fingerprint density at radius 2 is 1.51 bits per heavy atom. The summed E-state index contributed by atoms with van der Waals surface area (Å²) in [6.45, 7) is 6.49. The molecule has 1 saturated carbocycles. The molecule has 23 nitrogen and oxygen atoms in total. The molecule has 3 fully saturated rings. The van der Waals surface area contributed by atoms with E-state index in [9.17, 15) is 52.7 Å². The van der Waals surface area contributed by atoms with E-state index in [0.717, 1.165) is 17.7 Å². The number of benzene rings is 2. The molecule has 4 heterocycles. The van der Waals surface area contributed by atoms with Gasteiger partial charge in [-0.2, -0.15) is 0 Å². The Hall–Kier alpha value is -7.79. The number of amides is 9. The number of aromatic nitrogens is 1. The van der Waals surface area contributed by atoms with Crippen molar-refractivity contribution in [2.24, 2.45) is 11.8 Å². The first-order valence-corrected chi connectivity index (χ1v) is 24.6. The quantitative estimate of drug-likeness (QED) is 0.0382. The van der Waals surface area contributed by atoms with Crippen molar-refractivity contribution in [3.63, 3.8) is 0 Å². The molecule has 7 N–H and O–H groups in total. The first kappa shape index (κ1) is 54.0. The first-order chi connectivity index (χ1) is 35.4. The minimum absolute atomic E-state index is 0.0186. The van der Waals surface area contributed by atoms with Crippen molar-refractivity contribution >= 4 is 70.5 Å². The van der Waals surface area contributed by atoms with Crippen molar-refractivity contribution in [3.05, 3.63) is 93.4 Å². The number of ketones is 1. The van der Waals surface area contributed by atoms with Gasteiger partial charge in [-0.15, -0.1) is 0 Å². The summed E-state index contributed by atoms with van der Waals surface area (Å²) in [5.41, 5.74) is -0.158. The van der Waals surface area contributed by atoms with E-state index in [1.54, 1.807) is 57.2 Å². The van der Waals surface area contributed by atoms with Crippen molar-refractivity contribution in [3.8, 4) is 0 Å². The number of Topliss-reactive ketones (excluding diaryl/α,β-unsaturated/α-hetero) is 1. The van der Waals surface area contributed by atoms with Crippen LogP contribution in [0.25, 0.3) is 0 Å². The largest absolute Gasteiger partial charge is 0.444 e. The van der Waals surface area contributed by atoms with Crippen molar-refractivity contribution in [1.82, 2.24) is 36.1 Å². The van der Waals surface area contributed by atoms with E-state index in [1.165, 1.54) is 29.0 Å². The van der Waals surface area contributed by atoms with Crippen molar-refractivity contribution < 1.29 is 62.2 Å². The van der Waals surface area contributed by atoms with Gasteiger partial charge >= 0.3 is 6.09 Å². The Bertz CT molecular complexity index is 2750. The molecule has 2 aromatic carbocycles. The molecule has 394 valence electrons. The highest BCUT2D eigenvalue weighted by Gasteiger charge is 2.46. The number of hydrogen-bond acceptors (Lipinski definition) is 15. The normalized spacial score (nSPS) is 18.1. The number of rotatable bonds is 24. The maximum absolute atomic E-state index is 14.1. The molecule has 74 heavy (non-hydrogen) atoms. The van der Waals surface area contributed by atoms with Gasteiger partial charge in [0, 0.05) is 56.0 Å². The summed E-state index contributed by atoms with van der Waals surface area (Å²) in [5.74, 6) is -6.39. The number of carbonyl (C=O) groups excluding carboxylic acids is 10. The van der Waals surface area contributed by atoms with Crippen molar-refractivity contribution in [2.75, 3.05) is 56.7 Å². The zero-order chi connectivity index (χ0) is 53.1. The lowest BCUT2D eigenvalue weighted by Gasteiger charge is -2.27. The lowest BCUT2D eigenvalue weighted by atomic mass is 9.94. The third-order valence-corrected chi connectivity index (χ3v) is 12.6. The smallest absolute Gasteiger partial charge is 0.412 e. The highest BCUT2D eigenvalue weighted by Crippen LogP contribution is 2.37. The number of pyridine rings is 1. The van der Waals surface area contributed by atoms with Crippen molar-refractivity contribution in [1.29, 1.82) is 0 Å². The molecule has 4 atom stereocenters. The van der Waals surface area contributed by atoms with Gasteiger partial charge in [-0.25, -0.2) is 4.79 Å². The fourth-order valence-electron chi connectivity index (χ4n) is 8.77. The molecule has 1 unspecified atom stereocenters.